The van der Waals surface area contributed by atoms with Crippen molar-refractivity contribution in [2.24, 2.45) is 29.6 Å². The Morgan fingerprint density at radius 3 is 2.29 bits per heavy atom. The molecule has 3 fully saturated rings. The molecule has 12 heteroatoms. The van der Waals surface area contributed by atoms with Crippen LogP contribution in [0.4, 0.5) is 10.1 Å². The molecule has 246 valence electrons. The number of aromatic hydroxyl groups is 1. The highest BCUT2D eigenvalue weighted by atomic mass is 35.5. The number of anilines is 1. The Balaban J connectivity index is 1.43. The number of benzene rings is 3. The third-order valence-electron chi connectivity index (χ3n) is 10.1. The molecule has 6 atom stereocenters. The lowest BCUT2D eigenvalue weighted by molar-refractivity contribution is -0.139. The summed E-state index contributed by atoms with van der Waals surface area (Å²) in [5.74, 6) is -5.63. The first kappa shape index (κ1) is 31.4. The number of allylic oxidation sites excluding steroid dienone is 3. The molecule has 7 rings (SSSR count). The lowest BCUT2D eigenvalue weighted by Crippen LogP contribution is -2.54. The van der Waals surface area contributed by atoms with E-state index in [0.717, 1.165) is 10.6 Å². The minimum absolute atomic E-state index is 0.133. The van der Waals surface area contributed by atoms with E-state index in [1.165, 1.54) is 38.5 Å². The molecule has 3 aromatic carbocycles. The molecule has 2 aliphatic heterocycles. The molecule has 2 heterocycles. The van der Waals surface area contributed by atoms with Crippen LogP contribution in [0.25, 0.3) is 6.08 Å². The van der Waals surface area contributed by atoms with Crippen LogP contribution < -0.4 is 20.2 Å². The minimum atomic E-state index is -1.50. The fourth-order valence-electron chi connectivity index (χ4n) is 8.03. The van der Waals surface area contributed by atoms with Gasteiger partial charge in [-0.2, -0.15) is 5.01 Å². The number of carbonyl (C=O) groups is 4. The molecule has 2 saturated heterocycles. The van der Waals surface area contributed by atoms with Crippen LogP contribution in [0, 0.1) is 35.4 Å². The number of amides is 4. The van der Waals surface area contributed by atoms with E-state index in [9.17, 15) is 28.7 Å². The van der Waals surface area contributed by atoms with Crippen molar-refractivity contribution in [3.8, 4) is 17.2 Å². The fraction of sp³-hybridized carbons (Fsp3) is 0.278. The fourth-order valence-corrected chi connectivity index (χ4v) is 8.16. The number of phenolic OH excluding ortho intramolecular Hbond substituents is 1. The molecule has 2 aliphatic carbocycles. The molecule has 0 spiro atoms. The summed E-state index contributed by atoms with van der Waals surface area (Å²) in [4.78, 5) is 55.5. The van der Waals surface area contributed by atoms with Crippen LogP contribution in [-0.2, 0) is 24.6 Å². The summed E-state index contributed by atoms with van der Waals surface area (Å²) in [6.45, 7) is 0. The van der Waals surface area contributed by atoms with Gasteiger partial charge in [0.05, 0.1) is 43.1 Å². The average Bonchev–Trinajstić information content (AvgIpc) is 3.49. The van der Waals surface area contributed by atoms with E-state index in [1.807, 2.05) is 12.2 Å². The highest BCUT2D eigenvalue weighted by Crippen LogP contribution is 2.61. The van der Waals surface area contributed by atoms with Gasteiger partial charge in [0.1, 0.15) is 5.82 Å². The first-order valence-corrected chi connectivity index (χ1v) is 15.8. The predicted molar refractivity (Wildman–Crippen MR) is 173 cm³/mol. The summed E-state index contributed by atoms with van der Waals surface area (Å²) in [6.07, 6.45) is 5.94. The van der Waals surface area contributed by atoms with E-state index >= 15 is 0 Å². The van der Waals surface area contributed by atoms with Crippen LogP contribution in [0.3, 0.4) is 0 Å². The third kappa shape index (κ3) is 4.75. The minimum Gasteiger partial charge on any atom is -0.502 e. The number of ether oxygens (including phenoxy) is 2. The van der Waals surface area contributed by atoms with Gasteiger partial charge in [-0.15, -0.1) is 0 Å². The molecule has 3 aromatic rings. The van der Waals surface area contributed by atoms with Crippen molar-refractivity contribution < 1.29 is 38.1 Å². The predicted octanol–water partition coefficient (Wildman–Crippen LogP) is 5.02. The Hall–Kier alpha value is -5.16. The summed E-state index contributed by atoms with van der Waals surface area (Å²) in [5.41, 5.74) is 3.63. The second kappa shape index (κ2) is 11.8. The van der Waals surface area contributed by atoms with Crippen molar-refractivity contribution in [1.82, 2.24) is 10.3 Å². The molecule has 6 unspecified atom stereocenters. The van der Waals surface area contributed by atoms with Crippen molar-refractivity contribution in [2.75, 3.05) is 19.6 Å². The van der Waals surface area contributed by atoms with Crippen molar-refractivity contribution in [3.05, 3.63) is 100 Å². The van der Waals surface area contributed by atoms with Gasteiger partial charge in [-0.1, -0.05) is 47.5 Å². The Morgan fingerprint density at radius 2 is 1.65 bits per heavy atom. The molecule has 4 amide bonds. The topological polar surface area (TPSA) is 134 Å². The lowest BCUT2D eigenvalue weighted by atomic mass is 9.50. The number of hydrogen-bond acceptors (Lipinski definition) is 8. The van der Waals surface area contributed by atoms with Crippen LogP contribution in [0.15, 0.2) is 78.4 Å². The first-order chi connectivity index (χ1) is 23.1. The Bertz CT molecular complexity index is 1890. The van der Waals surface area contributed by atoms with E-state index in [4.69, 9.17) is 21.1 Å². The number of carbonyl (C=O) groups excluding carboxylic acids is 4. The molecule has 0 aromatic heterocycles. The van der Waals surface area contributed by atoms with E-state index in [1.54, 1.807) is 42.5 Å². The van der Waals surface area contributed by atoms with E-state index in [-0.39, 0.29) is 29.6 Å². The molecular weight excluding hydrogens is 641 g/mol. The Kier molecular flexibility index (Phi) is 7.74. The first-order valence-electron chi connectivity index (χ1n) is 15.4. The van der Waals surface area contributed by atoms with E-state index in [0.29, 0.717) is 28.3 Å². The second-order valence-electron chi connectivity index (χ2n) is 12.4. The number of imide groups is 2. The molecule has 3 N–H and O–H groups in total. The van der Waals surface area contributed by atoms with Gasteiger partial charge in [-0.25, -0.2) is 4.39 Å². The number of nitrogens with zero attached hydrogens (tertiary/aromatic N) is 1. The average molecular weight is 672 g/mol. The molecule has 48 heavy (non-hydrogen) atoms. The molecule has 0 bridgehead atoms. The maximum absolute atomic E-state index is 15.0. The van der Waals surface area contributed by atoms with Crippen LogP contribution in [0.2, 0.25) is 5.02 Å². The van der Waals surface area contributed by atoms with Gasteiger partial charge in [0.25, 0.3) is 11.8 Å². The summed E-state index contributed by atoms with van der Waals surface area (Å²) < 4.78 is 24.5. The van der Waals surface area contributed by atoms with Crippen molar-refractivity contribution in [3.63, 3.8) is 0 Å². The van der Waals surface area contributed by atoms with Crippen molar-refractivity contribution in [1.29, 1.82) is 0 Å². The highest BCUT2D eigenvalue weighted by molar-refractivity contribution is 6.30. The number of methoxy groups -OCH3 is 2. The monoisotopic (exact) mass is 671 g/mol. The number of hydrazine groups is 1. The van der Waals surface area contributed by atoms with Crippen LogP contribution >= 0.6 is 11.6 Å². The normalized spacial score (nSPS) is 27.7. The summed E-state index contributed by atoms with van der Waals surface area (Å²) in [5, 5.41) is 14.4. The Labute approximate surface area is 280 Å². The maximum Gasteiger partial charge on any atom is 0.260 e. The van der Waals surface area contributed by atoms with Gasteiger partial charge in [-0.3, -0.25) is 29.9 Å². The van der Waals surface area contributed by atoms with E-state index in [2.05, 4.69) is 10.7 Å². The summed E-state index contributed by atoms with van der Waals surface area (Å²) in [6, 6.07) is 15.3. The molecular formula is C36H31ClFN3O7. The molecule has 4 aliphatic rings. The van der Waals surface area contributed by atoms with Crippen LogP contribution in [-0.4, -0.2) is 48.0 Å². The second-order valence-corrected chi connectivity index (χ2v) is 12.8. The maximum atomic E-state index is 15.0. The zero-order valence-electron chi connectivity index (χ0n) is 25.9. The SMILES string of the molecule is COc1cc(C=CC2C3=CCC4C(=O)NC(=O)C4C3CC3C(=O)N(Nc4ccc(F)cc4)C(=O)C23c2ccc(Cl)cc2)cc(OC)c1O. The zero-order chi connectivity index (χ0) is 33.9. The van der Waals surface area contributed by atoms with Gasteiger partial charge < -0.3 is 14.6 Å². The number of rotatable bonds is 7. The molecule has 0 radical (unpaired) electrons. The lowest BCUT2D eigenvalue weighted by Gasteiger charge is -2.49. The van der Waals surface area contributed by atoms with Crippen LogP contribution in [0.5, 0.6) is 17.2 Å². The van der Waals surface area contributed by atoms with Gasteiger partial charge >= 0.3 is 0 Å². The van der Waals surface area contributed by atoms with Crippen molar-refractivity contribution in [2.45, 2.75) is 18.3 Å². The standard InChI is InChI=1S/C36H31ClFN3O7/c1-47-28-15-18(16-29(48-2)31(28)42)3-14-26-23-12-13-24-30(33(44)39-32(24)43)25(23)17-27-34(45)41(40-22-10-8-21(38)9-11-22)35(46)36(26,27)19-4-6-20(37)7-5-19/h3-12,14-16,24-27,30,40,42H,13,17H2,1-2H3,(H,39,43,44). The van der Waals surface area contributed by atoms with Gasteiger partial charge in [0.15, 0.2) is 11.5 Å². The number of hydrogen-bond donors (Lipinski definition) is 3. The zero-order valence-corrected chi connectivity index (χ0v) is 26.7. The van der Waals surface area contributed by atoms with Gasteiger partial charge in [-0.05, 0) is 78.4 Å². The molecule has 1 saturated carbocycles. The van der Waals surface area contributed by atoms with Crippen molar-refractivity contribution >= 4 is 47.0 Å². The van der Waals surface area contributed by atoms with Crippen LogP contribution in [0.1, 0.15) is 24.0 Å². The quantitative estimate of drug-likeness (QED) is 0.236. The number of halogens is 2. The summed E-state index contributed by atoms with van der Waals surface area (Å²) in [7, 11) is 2.83. The van der Waals surface area contributed by atoms with Gasteiger partial charge in [0, 0.05) is 10.9 Å². The number of nitrogens with one attached hydrogen (secondary N) is 2. The largest absolute Gasteiger partial charge is 0.502 e. The Morgan fingerprint density at radius 1 is 0.979 bits per heavy atom. The smallest absolute Gasteiger partial charge is 0.260 e. The van der Waals surface area contributed by atoms with Gasteiger partial charge in [0.2, 0.25) is 17.6 Å². The third-order valence-corrected chi connectivity index (χ3v) is 10.4. The van der Waals surface area contributed by atoms with E-state index < -0.39 is 58.5 Å². The number of fused-ring (bicyclic) bond motifs is 4. The number of phenols is 1. The summed E-state index contributed by atoms with van der Waals surface area (Å²) >= 11 is 6.30. The highest BCUT2D eigenvalue weighted by Gasteiger charge is 2.69. The molecule has 10 nitrogen and oxygen atoms in total.